The van der Waals surface area contributed by atoms with Crippen LogP contribution in [0.5, 0.6) is 5.75 Å². The molecule has 2 aliphatic rings. The van der Waals surface area contributed by atoms with Gasteiger partial charge in [-0.25, -0.2) is 4.99 Å². The summed E-state index contributed by atoms with van der Waals surface area (Å²) in [7, 11) is 0. The fraction of sp³-hybridized carbons (Fsp3) is 0.188. The van der Waals surface area contributed by atoms with Crippen LogP contribution in [0.15, 0.2) is 64.6 Å². The first-order valence-electron chi connectivity index (χ1n) is 6.77. The molecule has 5 nitrogen and oxygen atoms in total. The fourth-order valence-corrected chi connectivity index (χ4v) is 2.37. The maximum atomic E-state index is 9.57. The molecule has 0 radical (unpaired) electrons. The second kappa shape index (κ2) is 5.46. The quantitative estimate of drug-likeness (QED) is 0.795. The number of aliphatic hydroxyl groups excluding tert-OH is 1. The van der Waals surface area contributed by atoms with Gasteiger partial charge in [0.15, 0.2) is 0 Å². The average Bonchev–Trinajstić information content (AvgIpc) is 2.47. The van der Waals surface area contributed by atoms with Crippen molar-refractivity contribution in [1.82, 2.24) is 4.90 Å². The summed E-state index contributed by atoms with van der Waals surface area (Å²) in [6.45, 7) is 2.54. The van der Waals surface area contributed by atoms with E-state index in [1.54, 1.807) is 18.2 Å². The zero-order chi connectivity index (χ0) is 14.8. The average molecular weight is 283 g/mol. The monoisotopic (exact) mass is 283 g/mol. The molecule has 5 heteroatoms. The Morgan fingerprint density at radius 1 is 1.38 bits per heavy atom. The highest BCUT2D eigenvalue weighted by molar-refractivity contribution is 6.01. The van der Waals surface area contributed by atoms with Gasteiger partial charge in [-0.2, -0.15) is 0 Å². The summed E-state index contributed by atoms with van der Waals surface area (Å²) in [6.07, 6.45) is 5.93. The Balaban J connectivity index is 1.94. The Hall–Kier alpha value is -2.53. The van der Waals surface area contributed by atoms with E-state index in [1.807, 2.05) is 36.2 Å². The van der Waals surface area contributed by atoms with Crippen LogP contribution in [-0.4, -0.2) is 34.1 Å². The van der Waals surface area contributed by atoms with E-state index in [9.17, 15) is 10.2 Å². The molecule has 0 amide bonds. The van der Waals surface area contributed by atoms with Gasteiger partial charge in [0.1, 0.15) is 17.4 Å². The van der Waals surface area contributed by atoms with E-state index in [2.05, 4.69) is 10.3 Å². The topological polar surface area (TPSA) is 68.1 Å². The smallest absolute Gasteiger partial charge is 0.138 e. The molecule has 3 N–H and O–H groups in total. The molecule has 0 unspecified atom stereocenters. The lowest BCUT2D eigenvalue weighted by atomic mass is 10.1. The Morgan fingerprint density at radius 2 is 2.24 bits per heavy atom. The van der Waals surface area contributed by atoms with Gasteiger partial charge < -0.3 is 20.4 Å². The van der Waals surface area contributed by atoms with Crippen LogP contribution >= 0.6 is 0 Å². The number of hydrogen-bond donors (Lipinski definition) is 3. The first kappa shape index (κ1) is 13.5. The van der Waals surface area contributed by atoms with E-state index >= 15 is 0 Å². The number of nitrogens with one attached hydrogen (secondary N) is 1. The molecular formula is C16H17N3O2. The Labute approximate surface area is 123 Å². The van der Waals surface area contributed by atoms with Gasteiger partial charge in [-0.05, 0) is 30.7 Å². The summed E-state index contributed by atoms with van der Waals surface area (Å²) in [6, 6.07) is 6.84. The molecule has 0 fully saturated rings. The van der Waals surface area contributed by atoms with Crippen molar-refractivity contribution in [2.45, 2.75) is 6.92 Å². The Morgan fingerprint density at radius 3 is 3.00 bits per heavy atom. The predicted octanol–water partition coefficient (Wildman–Crippen LogP) is 2.20. The van der Waals surface area contributed by atoms with Crippen LogP contribution in [-0.2, 0) is 0 Å². The molecule has 1 aromatic carbocycles. The van der Waals surface area contributed by atoms with Crippen LogP contribution in [0.4, 0.5) is 5.69 Å². The number of phenolic OH excluding ortho intramolecular Hbond substituents is 1. The van der Waals surface area contributed by atoms with E-state index in [4.69, 9.17) is 0 Å². The summed E-state index contributed by atoms with van der Waals surface area (Å²) in [5, 5.41) is 22.3. The van der Waals surface area contributed by atoms with Gasteiger partial charge in [0, 0.05) is 23.5 Å². The number of allylic oxidation sites excluding steroid dienone is 2. The first-order chi connectivity index (χ1) is 10.2. The highest BCUT2D eigenvalue weighted by atomic mass is 16.3. The second-order valence-electron chi connectivity index (χ2n) is 5.04. The minimum atomic E-state index is -0.0645. The van der Waals surface area contributed by atoms with Gasteiger partial charge in [-0.1, -0.05) is 12.1 Å². The van der Waals surface area contributed by atoms with Gasteiger partial charge >= 0.3 is 0 Å². The molecule has 0 saturated heterocycles. The number of anilines is 1. The van der Waals surface area contributed by atoms with Crippen molar-refractivity contribution in [3.05, 3.63) is 59.6 Å². The Kier molecular flexibility index (Phi) is 3.50. The summed E-state index contributed by atoms with van der Waals surface area (Å²) < 4.78 is 0. The predicted molar refractivity (Wildman–Crippen MR) is 82.9 cm³/mol. The van der Waals surface area contributed by atoms with Crippen LogP contribution in [0.25, 0.3) is 0 Å². The van der Waals surface area contributed by atoms with Crippen molar-refractivity contribution in [2.75, 3.05) is 18.5 Å². The number of aliphatic hydroxyl groups is 1. The lowest BCUT2D eigenvalue weighted by molar-refractivity contribution is 0.319. The number of aromatic hydroxyl groups is 1. The van der Waals surface area contributed by atoms with Crippen LogP contribution in [0.1, 0.15) is 6.92 Å². The van der Waals surface area contributed by atoms with Gasteiger partial charge in [0.05, 0.1) is 13.2 Å². The second-order valence-corrected chi connectivity index (χ2v) is 5.04. The number of phenols is 1. The summed E-state index contributed by atoms with van der Waals surface area (Å²) >= 11 is 0. The molecular weight excluding hydrogens is 266 g/mol. The Bertz CT molecular complexity index is 687. The molecule has 3 rings (SSSR count). The number of amidine groups is 1. The normalized spacial score (nSPS) is 17.3. The van der Waals surface area contributed by atoms with Crippen LogP contribution < -0.4 is 5.32 Å². The zero-order valence-electron chi connectivity index (χ0n) is 11.7. The van der Waals surface area contributed by atoms with E-state index in [0.717, 1.165) is 22.7 Å². The van der Waals surface area contributed by atoms with E-state index in [0.29, 0.717) is 12.4 Å². The number of aliphatic imine (C=N–C) groups is 1. The molecule has 0 spiro atoms. The third-order valence-electron chi connectivity index (χ3n) is 3.45. The van der Waals surface area contributed by atoms with Crippen molar-refractivity contribution in [3.63, 3.8) is 0 Å². The molecule has 21 heavy (non-hydrogen) atoms. The maximum Gasteiger partial charge on any atom is 0.138 e. The van der Waals surface area contributed by atoms with Crippen LogP contribution in [0, 0.1) is 0 Å². The van der Waals surface area contributed by atoms with Gasteiger partial charge in [0.25, 0.3) is 0 Å². The molecule has 0 atom stereocenters. The standard InChI is InChI=1S/C16H17N3O2/c1-11-4-3-7-19-9-12(10-20)15(18-16(11)19)17-13-5-2-6-14(21)8-13/h2-8,17,20-21H,9-10H2,1H3. The highest BCUT2D eigenvalue weighted by Crippen LogP contribution is 2.24. The number of fused-ring (bicyclic) bond motifs is 1. The maximum absolute atomic E-state index is 9.57. The van der Waals surface area contributed by atoms with Gasteiger partial charge in [-0.15, -0.1) is 0 Å². The number of benzene rings is 1. The lowest BCUT2D eigenvalue weighted by Crippen LogP contribution is -2.35. The molecule has 0 bridgehead atoms. The van der Waals surface area contributed by atoms with E-state index < -0.39 is 0 Å². The molecule has 2 heterocycles. The van der Waals surface area contributed by atoms with Crippen molar-refractivity contribution >= 4 is 11.5 Å². The van der Waals surface area contributed by atoms with Gasteiger partial charge in [-0.3, -0.25) is 0 Å². The molecule has 0 aliphatic carbocycles. The first-order valence-corrected chi connectivity index (χ1v) is 6.77. The molecule has 108 valence electrons. The van der Waals surface area contributed by atoms with E-state index in [-0.39, 0.29) is 12.4 Å². The minimum Gasteiger partial charge on any atom is -0.508 e. The highest BCUT2D eigenvalue weighted by Gasteiger charge is 2.22. The number of hydrogen-bond acceptors (Lipinski definition) is 5. The summed E-state index contributed by atoms with van der Waals surface area (Å²) in [4.78, 5) is 6.62. The van der Waals surface area contributed by atoms with Crippen molar-refractivity contribution in [1.29, 1.82) is 0 Å². The van der Waals surface area contributed by atoms with Crippen molar-refractivity contribution in [2.24, 2.45) is 4.99 Å². The number of nitrogens with zero attached hydrogens (tertiary/aromatic N) is 2. The SMILES string of the molecule is CC1=CC=CN2CC(CO)=C(Nc3cccc(O)c3)N=C12. The largest absolute Gasteiger partial charge is 0.508 e. The van der Waals surface area contributed by atoms with Gasteiger partial charge in [0.2, 0.25) is 0 Å². The zero-order valence-corrected chi connectivity index (χ0v) is 11.7. The summed E-state index contributed by atoms with van der Waals surface area (Å²) in [5.74, 6) is 1.70. The lowest BCUT2D eigenvalue weighted by Gasteiger charge is -2.31. The molecule has 2 aliphatic heterocycles. The van der Waals surface area contributed by atoms with Crippen molar-refractivity contribution < 1.29 is 10.2 Å². The third-order valence-corrected chi connectivity index (χ3v) is 3.45. The van der Waals surface area contributed by atoms with Crippen molar-refractivity contribution in [3.8, 4) is 5.75 Å². The summed E-state index contributed by atoms with van der Waals surface area (Å²) in [5.41, 5.74) is 2.62. The third kappa shape index (κ3) is 2.68. The van der Waals surface area contributed by atoms with Crippen LogP contribution in [0.2, 0.25) is 0 Å². The number of rotatable bonds is 3. The molecule has 1 aromatic rings. The van der Waals surface area contributed by atoms with E-state index in [1.165, 1.54) is 0 Å². The minimum absolute atomic E-state index is 0.0645. The molecule has 0 aromatic heterocycles. The fourth-order valence-electron chi connectivity index (χ4n) is 2.37. The molecule has 0 saturated carbocycles. The van der Waals surface area contributed by atoms with Crippen LogP contribution in [0.3, 0.4) is 0 Å².